The summed E-state index contributed by atoms with van der Waals surface area (Å²) in [6.07, 6.45) is 1.20. The van der Waals surface area contributed by atoms with E-state index in [0.717, 1.165) is 0 Å². The van der Waals surface area contributed by atoms with Gasteiger partial charge >= 0.3 is 6.03 Å². The lowest BCUT2D eigenvalue weighted by Crippen LogP contribution is -2.37. The SMILES string of the molecule is CC(C)CN1C[C@H]2CCN(C(=O)Nc3cccc(Cl)c3)CC[C@H]2S1(=O)=O. The Morgan fingerprint density at radius 1 is 1.31 bits per heavy atom. The normalized spacial score (nSPS) is 25.8. The highest BCUT2D eigenvalue weighted by Gasteiger charge is 2.47. The number of fused-ring (bicyclic) bond motifs is 1. The first-order valence-corrected chi connectivity index (χ1v) is 11.0. The highest BCUT2D eigenvalue weighted by Crippen LogP contribution is 2.34. The summed E-state index contributed by atoms with van der Waals surface area (Å²) in [5, 5.41) is 3.03. The molecule has 0 unspecified atom stereocenters. The predicted octanol–water partition coefficient (Wildman–Crippen LogP) is 3.25. The van der Waals surface area contributed by atoms with E-state index in [1.54, 1.807) is 33.5 Å². The van der Waals surface area contributed by atoms with E-state index in [0.29, 0.717) is 55.6 Å². The van der Waals surface area contributed by atoms with E-state index >= 15 is 0 Å². The zero-order valence-corrected chi connectivity index (χ0v) is 16.8. The van der Waals surface area contributed by atoms with Crippen molar-refractivity contribution >= 4 is 33.3 Å². The Kier molecular flexibility index (Phi) is 5.79. The van der Waals surface area contributed by atoms with E-state index in [4.69, 9.17) is 11.6 Å². The molecule has 2 aliphatic rings. The Morgan fingerprint density at radius 3 is 2.73 bits per heavy atom. The van der Waals surface area contributed by atoms with Gasteiger partial charge in [0, 0.05) is 36.9 Å². The van der Waals surface area contributed by atoms with Gasteiger partial charge in [-0.25, -0.2) is 17.5 Å². The van der Waals surface area contributed by atoms with Gasteiger partial charge in [0.2, 0.25) is 10.0 Å². The molecule has 2 amide bonds. The summed E-state index contributed by atoms with van der Waals surface area (Å²) in [4.78, 5) is 14.2. The molecular weight excluding hydrogens is 374 g/mol. The number of carbonyl (C=O) groups excluding carboxylic acids is 1. The highest BCUT2D eigenvalue weighted by molar-refractivity contribution is 7.90. The molecule has 2 heterocycles. The monoisotopic (exact) mass is 399 g/mol. The van der Waals surface area contributed by atoms with Crippen LogP contribution < -0.4 is 5.32 Å². The Morgan fingerprint density at radius 2 is 2.04 bits per heavy atom. The number of likely N-dealkylation sites (tertiary alicyclic amines) is 1. The second kappa shape index (κ2) is 7.74. The first kappa shape index (κ1) is 19.5. The molecule has 144 valence electrons. The molecule has 2 aliphatic heterocycles. The van der Waals surface area contributed by atoms with Crippen molar-refractivity contribution in [2.45, 2.75) is 31.9 Å². The van der Waals surface area contributed by atoms with Gasteiger partial charge in [-0.2, -0.15) is 0 Å². The molecule has 2 saturated heterocycles. The number of carbonyl (C=O) groups is 1. The maximum atomic E-state index is 12.8. The van der Waals surface area contributed by atoms with Crippen molar-refractivity contribution in [3.63, 3.8) is 0 Å². The fraction of sp³-hybridized carbons (Fsp3) is 0.611. The van der Waals surface area contributed by atoms with Crippen LogP contribution in [0.25, 0.3) is 0 Å². The van der Waals surface area contributed by atoms with E-state index in [1.165, 1.54) is 0 Å². The lowest BCUT2D eigenvalue weighted by Gasteiger charge is -2.23. The number of anilines is 1. The highest BCUT2D eigenvalue weighted by atomic mass is 35.5. The quantitative estimate of drug-likeness (QED) is 0.848. The fourth-order valence-electron chi connectivity index (χ4n) is 3.85. The van der Waals surface area contributed by atoms with Crippen molar-refractivity contribution in [1.82, 2.24) is 9.21 Å². The van der Waals surface area contributed by atoms with Gasteiger partial charge in [0.1, 0.15) is 0 Å². The van der Waals surface area contributed by atoms with Gasteiger partial charge in [0.05, 0.1) is 5.25 Å². The fourth-order valence-corrected chi connectivity index (χ4v) is 6.44. The Balaban J connectivity index is 1.64. The van der Waals surface area contributed by atoms with E-state index < -0.39 is 10.0 Å². The molecule has 1 aromatic rings. The third kappa shape index (κ3) is 4.15. The Hall–Kier alpha value is -1.31. The summed E-state index contributed by atoms with van der Waals surface area (Å²) < 4.78 is 27.3. The summed E-state index contributed by atoms with van der Waals surface area (Å²) in [5.41, 5.74) is 0.641. The summed E-state index contributed by atoms with van der Waals surface area (Å²) in [6.45, 7) is 6.24. The number of nitrogens with zero attached hydrogens (tertiary/aromatic N) is 2. The van der Waals surface area contributed by atoms with E-state index in [1.807, 2.05) is 13.8 Å². The summed E-state index contributed by atoms with van der Waals surface area (Å²) in [6, 6.07) is 6.80. The molecule has 2 fully saturated rings. The predicted molar refractivity (Wildman–Crippen MR) is 104 cm³/mol. The number of sulfonamides is 1. The summed E-state index contributed by atoms with van der Waals surface area (Å²) >= 11 is 5.95. The van der Waals surface area contributed by atoms with Gasteiger partial charge < -0.3 is 10.2 Å². The van der Waals surface area contributed by atoms with Crippen molar-refractivity contribution in [3.8, 4) is 0 Å². The van der Waals surface area contributed by atoms with Gasteiger partial charge in [0.15, 0.2) is 0 Å². The number of rotatable bonds is 3. The molecule has 6 nitrogen and oxygen atoms in total. The molecule has 8 heteroatoms. The second-order valence-electron chi connectivity index (χ2n) is 7.56. The number of benzene rings is 1. The van der Waals surface area contributed by atoms with Crippen LogP contribution in [0.1, 0.15) is 26.7 Å². The average Bonchev–Trinajstić information content (AvgIpc) is 2.71. The van der Waals surface area contributed by atoms with Crippen LogP contribution >= 0.6 is 11.6 Å². The van der Waals surface area contributed by atoms with Crippen molar-refractivity contribution < 1.29 is 13.2 Å². The first-order valence-electron chi connectivity index (χ1n) is 9.08. The largest absolute Gasteiger partial charge is 0.324 e. The van der Waals surface area contributed by atoms with Crippen molar-refractivity contribution in [2.75, 3.05) is 31.5 Å². The van der Waals surface area contributed by atoms with Gasteiger partial charge in [-0.1, -0.05) is 31.5 Å². The smallest absolute Gasteiger partial charge is 0.321 e. The van der Waals surface area contributed by atoms with E-state index in [-0.39, 0.29) is 17.2 Å². The first-order chi connectivity index (χ1) is 12.3. The molecule has 0 aliphatic carbocycles. The standard InChI is InChI=1S/C18H26ClN3O3S/c1-13(2)11-22-12-14-6-8-21(9-7-17(14)26(22,24)25)18(23)20-16-5-3-4-15(19)10-16/h3-5,10,13-14,17H,6-9,11-12H2,1-2H3,(H,20,23)/t14-,17-/m1/s1. The van der Waals surface area contributed by atoms with Crippen LogP contribution in [0.15, 0.2) is 24.3 Å². The molecule has 0 spiro atoms. The lowest BCUT2D eigenvalue weighted by atomic mass is 10.0. The maximum Gasteiger partial charge on any atom is 0.321 e. The molecule has 2 atom stereocenters. The number of halogens is 1. The van der Waals surface area contributed by atoms with Crippen LogP contribution in [0.3, 0.4) is 0 Å². The van der Waals surface area contributed by atoms with Crippen LogP contribution in [0.2, 0.25) is 5.02 Å². The number of hydrogen-bond donors (Lipinski definition) is 1. The topological polar surface area (TPSA) is 69.7 Å². The molecule has 0 radical (unpaired) electrons. The zero-order valence-electron chi connectivity index (χ0n) is 15.2. The molecular formula is C18H26ClN3O3S. The maximum absolute atomic E-state index is 12.8. The molecule has 1 N–H and O–H groups in total. The van der Waals surface area contributed by atoms with Crippen molar-refractivity contribution in [1.29, 1.82) is 0 Å². The Bertz CT molecular complexity index is 769. The van der Waals surface area contributed by atoms with Crippen LogP contribution in [0.4, 0.5) is 10.5 Å². The van der Waals surface area contributed by atoms with Crippen LogP contribution in [0.5, 0.6) is 0 Å². The third-order valence-electron chi connectivity index (χ3n) is 5.09. The zero-order chi connectivity index (χ0) is 18.9. The van der Waals surface area contributed by atoms with Crippen LogP contribution in [-0.4, -0.2) is 55.1 Å². The van der Waals surface area contributed by atoms with Gasteiger partial charge in [-0.05, 0) is 42.9 Å². The molecule has 3 rings (SSSR count). The van der Waals surface area contributed by atoms with Crippen molar-refractivity contribution in [2.24, 2.45) is 11.8 Å². The third-order valence-corrected chi connectivity index (χ3v) is 7.73. The van der Waals surface area contributed by atoms with Gasteiger partial charge in [0.25, 0.3) is 0 Å². The van der Waals surface area contributed by atoms with Crippen LogP contribution in [-0.2, 0) is 10.0 Å². The lowest BCUT2D eigenvalue weighted by molar-refractivity contribution is 0.212. The molecule has 0 saturated carbocycles. The molecule has 1 aromatic carbocycles. The van der Waals surface area contributed by atoms with Gasteiger partial charge in [-0.3, -0.25) is 0 Å². The van der Waals surface area contributed by atoms with Crippen molar-refractivity contribution in [3.05, 3.63) is 29.3 Å². The number of urea groups is 1. The minimum atomic E-state index is -3.26. The summed E-state index contributed by atoms with van der Waals surface area (Å²) in [5.74, 6) is 0.412. The second-order valence-corrected chi connectivity index (χ2v) is 10.1. The van der Waals surface area contributed by atoms with E-state index in [9.17, 15) is 13.2 Å². The molecule has 26 heavy (non-hydrogen) atoms. The Labute approximate surface area is 160 Å². The minimum Gasteiger partial charge on any atom is -0.324 e. The van der Waals surface area contributed by atoms with Crippen LogP contribution in [0, 0.1) is 11.8 Å². The minimum absolute atomic E-state index is 0.0997. The van der Waals surface area contributed by atoms with E-state index in [2.05, 4.69) is 5.32 Å². The number of hydrogen-bond acceptors (Lipinski definition) is 3. The molecule has 0 aromatic heterocycles. The summed E-state index contributed by atoms with van der Waals surface area (Å²) in [7, 11) is -3.26. The van der Waals surface area contributed by atoms with Gasteiger partial charge in [-0.15, -0.1) is 0 Å². The number of amides is 2. The average molecular weight is 400 g/mol. The molecule has 0 bridgehead atoms. The number of nitrogens with one attached hydrogen (secondary N) is 1.